The molecule has 1 heterocycles. The second kappa shape index (κ2) is 6.48. The van der Waals surface area contributed by atoms with Crippen LogP contribution in [0.1, 0.15) is 15.9 Å². The Morgan fingerprint density at radius 3 is 2.31 bits per heavy atom. The van der Waals surface area contributed by atoms with E-state index < -0.39 is 0 Å². The number of rotatable bonds is 3. The van der Waals surface area contributed by atoms with Crippen molar-refractivity contribution >= 4 is 22.6 Å². The Hall–Kier alpha value is -3.40. The molecule has 1 aromatic heterocycles. The Kier molecular flexibility index (Phi) is 4.01. The predicted molar refractivity (Wildman–Crippen MR) is 105 cm³/mol. The van der Waals surface area contributed by atoms with Crippen LogP contribution in [0.2, 0.25) is 0 Å². The van der Waals surface area contributed by atoms with Crippen molar-refractivity contribution < 1.29 is 4.79 Å². The van der Waals surface area contributed by atoms with E-state index >= 15 is 0 Å². The molecule has 4 aromatic rings. The zero-order chi connectivity index (χ0) is 18.1. The minimum atomic E-state index is -0.111. The van der Waals surface area contributed by atoms with Gasteiger partial charge in [0, 0.05) is 23.9 Å². The van der Waals surface area contributed by atoms with Crippen molar-refractivity contribution in [1.29, 1.82) is 0 Å². The lowest BCUT2D eigenvalue weighted by atomic mass is 10.1. The van der Waals surface area contributed by atoms with Gasteiger partial charge in [-0.05, 0) is 55.5 Å². The van der Waals surface area contributed by atoms with E-state index in [9.17, 15) is 4.79 Å². The summed E-state index contributed by atoms with van der Waals surface area (Å²) < 4.78 is 2.08. The first-order valence-corrected chi connectivity index (χ1v) is 8.52. The Morgan fingerprint density at radius 2 is 1.62 bits per heavy atom. The maximum absolute atomic E-state index is 12.3. The summed E-state index contributed by atoms with van der Waals surface area (Å²) in [6.07, 6.45) is 0. The zero-order valence-electron chi connectivity index (χ0n) is 14.7. The second-order valence-electron chi connectivity index (χ2n) is 6.38. The van der Waals surface area contributed by atoms with Crippen molar-refractivity contribution in [2.24, 2.45) is 7.05 Å². The smallest absolute Gasteiger partial charge is 0.255 e. The summed E-state index contributed by atoms with van der Waals surface area (Å²) in [5, 5.41) is 2.93. The predicted octanol–water partition coefficient (Wildman–Crippen LogP) is 4.80. The van der Waals surface area contributed by atoms with Gasteiger partial charge >= 0.3 is 0 Å². The van der Waals surface area contributed by atoms with Crippen LogP contribution in [0.4, 0.5) is 5.69 Å². The van der Waals surface area contributed by atoms with Crippen LogP contribution >= 0.6 is 0 Å². The number of carbonyl (C=O) groups is 1. The SMILES string of the molecule is Cc1ccc(C(=O)Nc2ccc(-c3nc4ccccc4n3C)cc2)cc1. The molecular weight excluding hydrogens is 322 g/mol. The largest absolute Gasteiger partial charge is 0.327 e. The highest BCUT2D eigenvalue weighted by Crippen LogP contribution is 2.24. The van der Waals surface area contributed by atoms with E-state index in [1.54, 1.807) is 0 Å². The molecule has 4 heteroatoms. The number of hydrogen-bond acceptors (Lipinski definition) is 2. The maximum atomic E-state index is 12.3. The molecule has 0 aliphatic rings. The van der Waals surface area contributed by atoms with Gasteiger partial charge in [0.25, 0.3) is 5.91 Å². The van der Waals surface area contributed by atoms with E-state index in [0.717, 1.165) is 33.7 Å². The zero-order valence-corrected chi connectivity index (χ0v) is 14.7. The molecule has 128 valence electrons. The van der Waals surface area contributed by atoms with Gasteiger partial charge in [0.2, 0.25) is 0 Å². The van der Waals surface area contributed by atoms with Gasteiger partial charge in [0.15, 0.2) is 0 Å². The number of nitrogens with zero attached hydrogens (tertiary/aromatic N) is 2. The Labute approximate surface area is 152 Å². The first-order chi connectivity index (χ1) is 12.6. The van der Waals surface area contributed by atoms with E-state index in [4.69, 9.17) is 4.98 Å². The number of fused-ring (bicyclic) bond motifs is 1. The Balaban J connectivity index is 1.57. The van der Waals surface area contributed by atoms with E-state index in [1.165, 1.54) is 0 Å². The van der Waals surface area contributed by atoms with Crippen LogP contribution in [0, 0.1) is 6.92 Å². The summed E-state index contributed by atoms with van der Waals surface area (Å²) in [4.78, 5) is 17.0. The molecule has 0 bridgehead atoms. The number of imidazole rings is 1. The lowest BCUT2D eigenvalue weighted by molar-refractivity contribution is 0.102. The minimum absolute atomic E-state index is 0.111. The monoisotopic (exact) mass is 341 g/mol. The first kappa shape index (κ1) is 16.1. The summed E-state index contributed by atoms with van der Waals surface area (Å²) in [5.74, 6) is 0.795. The maximum Gasteiger partial charge on any atom is 0.255 e. The number of anilines is 1. The van der Waals surface area contributed by atoms with Gasteiger partial charge in [0.05, 0.1) is 11.0 Å². The summed E-state index contributed by atoms with van der Waals surface area (Å²) >= 11 is 0. The van der Waals surface area contributed by atoms with Crippen molar-refractivity contribution in [1.82, 2.24) is 9.55 Å². The minimum Gasteiger partial charge on any atom is -0.327 e. The number of amides is 1. The fourth-order valence-electron chi connectivity index (χ4n) is 3.01. The molecule has 0 aliphatic heterocycles. The molecule has 0 radical (unpaired) electrons. The van der Waals surface area contributed by atoms with Crippen molar-refractivity contribution in [3.8, 4) is 11.4 Å². The molecule has 3 aromatic carbocycles. The third-order valence-electron chi connectivity index (χ3n) is 4.50. The normalized spacial score (nSPS) is 10.8. The lowest BCUT2D eigenvalue weighted by Crippen LogP contribution is -2.11. The average molecular weight is 341 g/mol. The van der Waals surface area contributed by atoms with Gasteiger partial charge in [-0.2, -0.15) is 0 Å². The highest BCUT2D eigenvalue weighted by molar-refractivity contribution is 6.04. The topological polar surface area (TPSA) is 46.9 Å². The number of hydrogen-bond donors (Lipinski definition) is 1. The number of nitrogens with one attached hydrogen (secondary N) is 1. The molecule has 1 amide bonds. The second-order valence-corrected chi connectivity index (χ2v) is 6.38. The van der Waals surface area contributed by atoms with E-state index in [1.807, 2.05) is 80.7 Å². The summed E-state index contributed by atoms with van der Waals surface area (Å²) in [6.45, 7) is 2.00. The third kappa shape index (κ3) is 2.97. The van der Waals surface area contributed by atoms with Crippen LogP contribution in [-0.2, 0) is 7.05 Å². The molecule has 0 spiro atoms. The molecule has 0 unspecified atom stereocenters. The van der Waals surface area contributed by atoms with Crippen molar-refractivity contribution in [2.75, 3.05) is 5.32 Å². The number of para-hydroxylation sites is 2. The molecule has 4 nitrogen and oxygen atoms in total. The van der Waals surface area contributed by atoms with Gasteiger partial charge in [0.1, 0.15) is 5.82 Å². The highest BCUT2D eigenvalue weighted by atomic mass is 16.1. The van der Waals surface area contributed by atoms with E-state index in [2.05, 4.69) is 16.0 Å². The van der Waals surface area contributed by atoms with Crippen LogP contribution in [0.3, 0.4) is 0 Å². The average Bonchev–Trinajstić information content (AvgIpc) is 3.00. The quantitative estimate of drug-likeness (QED) is 0.582. The fourth-order valence-corrected chi connectivity index (χ4v) is 3.01. The van der Waals surface area contributed by atoms with Gasteiger partial charge in [-0.1, -0.05) is 29.8 Å². The lowest BCUT2D eigenvalue weighted by Gasteiger charge is -2.07. The Morgan fingerprint density at radius 1 is 0.923 bits per heavy atom. The van der Waals surface area contributed by atoms with Gasteiger partial charge in [-0.15, -0.1) is 0 Å². The van der Waals surface area contributed by atoms with Crippen LogP contribution in [-0.4, -0.2) is 15.5 Å². The molecule has 1 N–H and O–H groups in total. The van der Waals surface area contributed by atoms with Gasteiger partial charge < -0.3 is 9.88 Å². The van der Waals surface area contributed by atoms with Crippen molar-refractivity contribution in [2.45, 2.75) is 6.92 Å². The number of carbonyl (C=O) groups excluding carboxylic acids is 1. The molecule has 0 saturated carbocycles. The van der Waals surface area contributed by atoms with Crippen LogP contribution in [0.15, 0.2) is 72.8 Å². The molecule has 4 rings (SSSR count). The van der Waals surface area contributed by atoms with Crippen LogP contribution in [0.5, 0.6) is 0 Å². The molecule has 0 fully saturated rings. The molecule has 26 heavy (non-hydrogen) atoms. The van der Waals surface area contributed by atoms with E-state index in [-0.39, 0.29) is 5.91 Å². The molecular formula is C22H19N3O. The molecule has 0 aliphatic carbocycles. The fraction of sp³-hybridized carbons (Fsp3) is 0.0909. The highest BCUT2D eigenvalue weighted by Gasteiger charge is 2.10. The first-order valence-electron chi connectivity index (χ1n) is 8.52. The summed E-state index contributed by atoms with van der Waals surface area (Å²) in [7, 11) is 2.01. The third-order valence-corrected chi connectivity index (χ3v) is 4.50. The Bertz CT molecular complexity index is 1080. The van der Waals surface area contributed by atoms with Crippen LogP contribution in [0.25, 0.3) is 22.4 Å². The number of aromatic nitrogens is 2. The van der Waals surface area contributed by atoms with E-state index in [0.29, 0.717) is 5.56 Å². The van der Waals surface area contributed by atoms with Gasteiger partial charge in [-0.25, -0.2) is 4.98 Å². The van der Waals surface area contributed by atoms with Crippen LogP contribution < -0.4 is 5.32 Å². The van der Waals surface area contributed by atoms with Gasteiger partial charge in [-0.3, -0.25) is 4.79 Å². The number of aryl methyl sites for hydroxylation is 2. The molecule has 0 atom stereocenters. The standard InChI is InChI=1S/C22H19N3O/c1-15-7-9-17(10-8-15)22(26)23-18-13-11-16(12-14-18)21-24-19-5-3-4-6-20(19)25(21)2/h3-14H,1-2H3,(H,23,26). The van der Waals surface area contributed by atoms with Crippen molar-refractivity contribution in [3.05, 3.63) is 83.9 Å². The number of benzene rings is 3. The summed E-state index contributed by atoms with van der Waals surface area (Å²) in [5.41, 5.74) is 5.62. The molecule has 0 saturated heterocycles. The van der Waals surface area contributed by atoms with Crippen molar-refractivity contribution in [3.63, 3.8) is 0 Å². The summed E-state index contributed by atoms with van der Waals surface area (Å²) in [6, 6.07) is 23.4.